The minimum Gasteiger partial charge on any atom is -0.377 e. The van der Waals surface area contributed by atoms with Crippen LogP contribution in [0.4, 0.5) is 0 Å². The fourth-order valence-electron chi connectivity index (χ4n) is 2.57. The monoisotopic (exact) mass is 295 g/mol. The number of hydrogen-bond acceptors (Lipinski definition) is 3. The van der Waals surface area contributed by atoms with Gasteiger partial charge in [0.15, 0.2) is 0 Å². The van der Waals surface area contributed by atoms with E-state index in [1.807, 2.05) is 0 Å². The summed E-state index contributed by atoms with van der Waals surface area (Å²) in [6.45, 7) is 2.99. The molecule has 3 nitrogen and oxygen atoms in total. The van der Waals surface area contributed by atoms with Crippen LogP contribution in [0.2, 0.25) is 0 Å². The predicted molar refractivity (Wildman–Crippen MR) is 84.2 cm³/mol. The molecule has 0 radical (unpaired) electrons. The van der Waals surface area contributed by atoms with Gasteiger partial charge in [-0.2, -0.15) is 0 Å². The largest absolute Gasteiger partial charge is 0.377 e. The number of nitrogens with two attached hydrogens (primary N) is 1. The van der Waals surface area contributed by atoms with E-state index in [-0.39, 0.29) is 12.1 Å². The average molecular weight is 295 g/mol. The number of rotatable bonds is 7. The lowest BCUT2D eigenvalue weighted by Crippen LogP contribution is -2.24. The highest BCUT2D eigenvalue weighted by atomic mass is 32.2. The summed E-state index contributed by atoms with van der Waals surface area (Å²) in [6.07, 6.45) is 4.55. The molecule has 1 saturated heterocycles. The van der Waals surface area contributed by atoms with Crippen LogP contribution in [0.25, 0.3) is 0 Å². The first kappa shape index (κ1) is 15.7. The highest BCUT2D eigenvalue weighted by molar-refractivity contribution is 7.85. The molecule has 2 N–H and O–H groups in total. The van der Waals surface area contributed by atoms with E-state index in [2.05, 4.69) is 31.2 Å². The Bertz CT molecular complexity index is 427. The van der Waals surface area contributed by atoms with Crippen LogP contribution in [0, 0.1) is 0 Å². The molecule has 112 valence electrons. The van der Waals surface area contributed by atoms with E-state index in [4.69, 9.17) is 10.5 Å². The Morgan fingerprint density at radius 2 is 2.15 bits per heavy atom. The SMILES string of the molecule is CCCc1ccc(C(N)CS(=O)CC2CCCO2)cc1. The fourth-order valence-corrected chi connectivity index (χ4v) is 3.97. The third-order valence-corrected chi connectivity index (χ3v) is 5.18. The summed E-state index contributed by atoms with van der Waals surface area (Å²) in [6, 6.07) is 8.24. The molecule has 1 aliphatic rings. The first-order valence-electron chi connectivity index (χ1n) is 7.50. The minimum atomic E-state index is -0.899. The summed E-state index contributed by atoms with van der Waals surface area (Å²) in [4.78, 5) is 0. The molecule has 3 atom stereocenters. The van der Waals surface area contributed by atoms with Crippen LogP contribution < -0.4 is 5.73 Å². The summed E-state index contributed by atoms with van der Waals surface area (Å²) in [7, 11) is -0.899. The molecule has 2 rings (SSSR count). The van der Waals surface area contributed by atoms with Gasteiger partial charge in [-0.3, -0.25) is 4.21 Å². The summed E-state index contributed by atoms with van der Waals surface area (Å²) >= 11 is 0. The Morgan fingerprint density at radius 3 is 2.75 bits per heavy atom. The standard InChI is InChI=1S/C16H25NO2S/c1-2-4-13-6-8-14(9-7-13)16(17)12-20(18)11-15-5-3-10-19-15/h6-9,15-16H,2-5,10-12,17H2,1H3. The van der Waals surface area contributed by atoms with Gasteiger partial charge in [0.2, 0.25) is 0 Å². The second-order valence-electron chi connectivity index (χ2n) is 5.51. The summed E-state index contributed by atoms with van der Waals surface area (Å²) in [5.41, 5.74) is 8.57. The lowest BCUT2D eigenvalue weighted by Gasteiger charge is -2.14. The highest BCUT2D eigenvalue weighted by Crippen LogP contribution is 2.17. The van der Waals surface area contributed by atoms with Crippen molar-refractivity contribution < 1.29 is 8.95 Å². The Labute approximate surface area is 124 Å². The molecule has 1 aliphatic heterocycles. The van der Waals surface area contributed by atoms with Crippen LogP contribution in [0.5, 0.6) is 0 Å². The Balaban J connectivity index is 1.83. The Kier molecular flexibility index (Phi) is 6.20. The normalized spacial score (nSPS) is 21.8. The Morgan fingerprint density at radius 1 is 1.40 bits per heavy atom. The summed E-state index contributed by atoms with van der Waals surface area (Å²) in [5, 5.41) is 0. The van der Waals surface area contributed by atoms with E-state index in [1.54, 1.807) is 0 Å². The first-order chi connectivity index (χ1) is 9.69. The van der Waals surface area contributed by atoms with Crippen molar-refractivity contribution in [2.75, 3.05) is 18.1 Å². The van der Waals surface area contributed by atoms with Gasteiger partial charge in [0.25, 0.3) is 0 Å². The molecular weight excluding hydrogens is 270 g/mol. The van der Waals surface area contributed by atoms with Crippen molar-refractivity contribution in [1.82, 2.24) is 0 Å². The molecule has 0 amide bonds. The lowest BCUT2D eigenvalue weighted by molar-refractivity contribution is 0.128. The maximum absolute atomic E-state index is 12.1. The van der Waals surface area contributed by atoms with E-state index in [0.717, 1.165) is 37.9 Å². The second-order valence-corrected chi connectivity index (χ2v) is 7.05. The van der Waals surface area contributed by atoms with Gasteiger partial charge in [0, 0.05) is 35.0 Å². The van der Waals surface area contributed by atoms with Gasteiger partial charge in [-0.05, 0) is 30.4 Å². The number of benzene rings is 1. The minimum absolute atomic E-state index is 0.145. The van der Waals surface area contributed by atoms with E-state index in [0.29, 0.717) is 11.5 Å². The van der Waals surface area contributed by atoms with Crippen molar-refractivity contribution in [3.8, 4) is 0 Å². The van der Waals surface area contributed by atoms with Gasteiger partial charge in [-0.25, -0.2) is 0 Å². The molecule has 20 heavy (non-hydrogen) atoms. The van der Waals surface area contributed by atoms with Crippen LogP contribution in [0.3, 0.4) is 0 Å². The number of aryl methyl sites for hydroxylation is 1. The van der Waals surface area contributed by atoms with Crippen LogP contribution >= 0.6 is 0 Å². The van der Waals surface area contributed by atoms with Crippen molar-refractivity contribution in [1.29, 1.82) is 0 Å². The fraction of sp³-hybridized carbons (Fsp3) is 0.625. The number of hydrogen-bond donors (Lipinski definition) is 1. The predicted octanol–water partition coefficient (Wildman–Crippen LogP) is 2.57. The number of ether oxygens (including phenoxy) is 1. The van der Waals surface area contributed by atoms with Crippen LogP contribution in [0.15, 0.2) is 24.3 Å². The van der Waals surface area contributed by atoms with Crippen molar-refractivity contribution in [2.24, 2.45) is 5.73 Å². The van der Waals surface area contributed by atoms with Crippen molar-refractivity contribution in [3.05, 3.63) is 35.4 Å². The van der Waals surface area contributed by atoms with E-state index >= 15 is 0 Å². The summed E-state index contributed by atoms with van der Waals surface area (Å²) in [5.74, 6) is 1.15. The van der Waals surface area contributed by atoms with Gasteiger partial charge >= 0.3 is 0 Å². The van der Waals surface area contributed by atoms with E-state index in [9.17, 15) is 4.21 Å². The molecule has 1 heterocycles. The maximum atomic E-state index is 12.1. The van der Waals surface area contributed by atoms with E-state index < -0.39 is 10.8 Å². The van der Waals surface area contributed by atoms with Gasteiger partial charge < -0.3 is 10.5 Å². The van der Waals surface area contributed by atoms with Gasteiger partial charge in [-0.1, -0.05) is 37.6 Å². The molecule has 4 heteroatoms. The molecule has 3 unspecified atom stereocenters. The molecule has 1 aromatic carbocycles. The van der Waals surface area contributed by atoms with Gasteiger partial charge in [-0.15, -0.1) is 0 Å². The molecule has 0 aromatic heterocycles. The van der Waals surface area contributed by atoms with E-state index in [1.165, 1.54) is 5.56 Å². The molecule has 1 fully saturated rings. The van der Waals surface area contributed by atoms with Gasteiger partial charge in [0.05, 0.1) is 6.10 Å². The van der Waals surface area contributed by atoms with Crippen LogP contribution in [-0.2, 0) is 22.0 Å². The van der Waals surface area contributed by atoms with Crippen LogP contribution in [-0.4, -0.2) is 28.4 Å². The molecule has 0 spiro atoms. The third-order valence-electron chi connectivity index (χ3n) is 3.71. The molecule has 0 aliphatic carbocycles. The summed E-state index contributed by atoms with van der Waals surface area (Å²) < 4.78 is 17.6. The smallest absolute Gasteiger partial charge is 0.0691 e. The molecule has 0 saturated carbocycles. The van der Waals surface area contributed by atoms with Crippen molar-refractivity contribution in [2.45, 2.75) is 44.8 Å². The molecule has 1 aromatic rings. The average Bonchev–Trinajstić information content (AvgIpc) is 2.92. The first-order valence-corrected chi connectivity index (χ1v) is 8.99. The lowest BCUT2D eigenvalue weighted by atomic mass is 10.0. The zero-order valence-electron chi connectivity index (χ0n) is 12.2. The van der Waals surface area contributed by atoms with Crippen LogP contribution in [0.1, 0.15) is 43.4 Å². The second kappa shape index (κ2) is 7.91. The Hall–Kier alpha value is -0.710. The maximum Gasteiger partial charge on any atom is 0.0691 e. The van der Waals surface area contributed by atoms with Gasteiger partial charge in [0.1, 0.15) is 0 Å². The highest BCUT2D eigenvalue weighted by Gasteiger charge is 2.20. The quantitative estimate of drug-likeness (QED) is 0.841. The topological polar surface area (TPSA) is 52.3 Å². The van der Waals surface area contributed by atoms with Crippen molar-refractivity contribution in [3.63, 3.8) is 0 Å². The van der Waals surface area contributed by atoms with Crippen molar-refractivity contribution >= 4 is 10.8 Å². The molecule has 0 bridgehead atoms. The zero-order valence-corrected chi connectivity index (χ0v) is 13.0. The molecular formula is C16H25NO2S. The third kappa shape index (κ3) is 4.69. The zero-order chi connectivity index (χ0) is 14.4.